The van der Waals surface area contributed by atoms with Gasteiger partial charge in [-0.25, -0.2) is 8.42 Å². The summed E-state index contributed by atoms with van der Waals surface area (Å²) in [5.41, 5.74) is -0.330. The lowest BCUT2D eigenvalue weighted by atomic mass is 10.2. The first-order chi connectivity index (χ1) is 15.5. The first-order valence-electron chi connectivity index (χ1n) is 9.66. The van der Waals surface area contributed by atoms with Crippen LogP contribution in [0.25, 0.3) is 0 Å². The molecule has 13 heteroatoms. The number of benzene rings is 2. The standard InChI is InChI=1S/C20H19F5N2O5S/c21-19(22)32-14-5-3-13(4-6-14)18(28)26-16-11-15(33(29,30)27-9-1-2-10-27)7-8-17(16)31-12-20(23,24)25/h3-8,11,19H,1-2,9-10,12H2,(H,26,28). The van der Waals surface area contributed by atoms with Crippen LogP contribution in [0.15, 0.2) is 47.4 Å². The number of hydrogen-bond acceptors (Lipinski definition) is 5. The van der Waals surface area contributed by atoms with E-state index >= 15 is 0 Å². The maximum Gasteiger partial charge on any atom is 0.422 e. The summed E-state index contributed by atoms with van der Waals surface area (Å²) in [4.78, 5) is 12.4. The average molecular weight is 494 g/mol. The van der Waals surface area contributed by atoms with Crippen molar-refractivity contribution in [2.24, 2.45) is 0 Å². The molecule has 0 aliphatic carbocycles. The van der Waals surface area contributed by atoms with Crippen molar-refractivity contribution < 1.29 is 44.6 Å². The van der Waals surface area contributed by atoms with Gasteiger partial charge < -0.3 is 14.8 Å². The van der Waals surface area contributed by atoms with Crippen LogP contribution in [-0.2, 0) is 10.0 Å². The molecule has 7 nitrogen and oxygen atoms in total. The highest BCUT2D eigenvalue weighted by Crippen LogP contribution is 2.32. The number of hydrogen-bond donors (Lipinski definition) is 1. The van der Waals surface area contributed by atoms with E-state index in [0.29, 0.717) is 25.9 Å². The van der Waals surface area contributed by atoms with Crippen molar-refractivity contribution >= 4 is 21.6 Å². The Hall–Kier alpha value is -2.93. The first kappa shape index (κ1) is 24.7. The van der Waals surface area contributed by atoms with Gasteiger partial charge in [0.25, 0.3) is 5.91 Å². The fourth-order valence-corrected chi connectivity index (χ4v) is 4.66. The lowest BCUT2D eigenvalue weighted by Gasteiger charge is -2.18. The van der Waals surface area contributed by atoms with E-state index in [1.165, 1.54) is 4.31 Å². The fourth-order valence-electron chi connectivity index (χ4n) is 3.11. The Bertz CT molecular complexity index is 1090. The molecule has 0 unspecified atom stereocenters. The summed E-state index contributed by atoms with van der Waals surface area (Å²) in [5, 5.41) is 2.32. The molecule has 2 aromatic carbocycles. The normalized spacial score (nSPS) is 15.0. The second-order valence-electron chi connectivity index (χ2n) is 7.03. The SMILES string of the molecule is O=C(Nc1cc(S(=O)(=O)N2CCCC2)ccc1OCC(F)(F)F)c1ccc(OC(F)F)cc1. The summed E-state index contributed by atoms with van der Waals surface area (Å²) in [6.45, 7) is -4.10. The smallest absolute Gasteiger partial charge is 0.422 e. The van der Waals surface area contributed by atoms with E-state index < -0.39 is 41.1 Å². The highest BCUT2D eigenvalue weighted by molar-refractivity contribution is 7.89. The van der Waals surface area contributed by atoms with Crippen LogP contribution in [0.5, 0.6) is 11.5 Å². The summed E-state index contributed by atoms with van der Waals surface area (Å²) >= 11 is 0. The molecular formula is C20H19F5N2O5S. The van der Waals surface area contributed by atoms with E-state index in [4.69, 9.17) is 4.74 Å². The maximum absolute atomic E-state index is 12.8. The summed E-state index contributed by atoms with van der Waals surface area (Å²) in [7, 11) is -3.92. The number of amides is 1. The van der Waals surface area contributed by atoms with E-state index in [-0.39, 0.29) is 21.9 Å². The highest BCUT2D eigenvalue weighted by atomic mass is 32.2. The molecule has 1 heterocycles. The number of rotatable bonds is 8. The summed E-state index contributed by atoms with van der Waals surface area (Å²) in [5.74, 6) is -1.42. The zero-order chi connectivity index (χ0) is 24.2. The van der Waals surface area contributed by atoms with Crippen molar-refractivity contribution in [3.8, 4) is 11.5 Å². The molecule has 0 bridgehead atoms. The van der Waals surface area contributed by atoms with Crippen LogP contribution in [0.1, 0.15) is 23.2 Å². The van der Waals surface area contributed by atoms with Gasteiger partial charge in [-0.1, -0.05) is 0 Å². The van der Waals surface area contributed by atoms with Gasteiger partial charge in [0, 0.05) is 18.7 Å². The van der Waals surface area contributed by atoms with Crippen LogP contribution in [0.2, 0.25) is 0 Å². The Morgan fingerprint density at radius 1 is 1.06 bits per heavy atom. The maximum atomic E-state index is 12.8. The number of anilines is 1. The van der Waals surface area contributed by atoms with Crippen LogP contribution in [0.3, 0.4) is 0 Å². The molecule has 2 aromatic rings. The monoisotopic (exact) mass is 494 g/mol. The molecule has 1 saturated heterocycles. The number of halogens is 5. The Morgan fingerprint density at radius 3 is 2.27 bits per heavy atom. The molecule has 0 radical (unpaired) electrons. The van der Waals surface area contributed by atoms with Crippen molar-refractivity contribution in [2.75, 3.05) is 25.0 Å². The third kappa shape index (κ3) is 6.54. The minimum absolute atomic E-state index is 0.0359. The minimum Gasteiger partial charge on any atom is -0.482 e. The van der Waals surface area contributed by atoms with E-state index in [1.54, 1.807) is 0 Å². The third-order valence-electron chi connectivity index (χ3n) is 4.64. The van der Waals surface area contributed by atoms with E-state index in [0.717, 1.165) is 42.5 Å². The number of nitrogens with one attached hydrogen (secondary N) is 1. The second kappa shape index (κ2) is 9.91. The number of carbonyl (C=O) groups is 1. The summed E-state index contributed by atoms with van der Waals surface area (Å²) in [6, 6.07) is 7.69. The van der Waals surface area contributed by atoms with Gasteiger partial charge in [0.15, 0.2) is 6.61 Å². The van der Waals surface area contributed by atoms with Gasteiger partial charge >= 0.3 is 12.8 Å². The molecule has 0 saturated carbocycles. The molecule has 1 amide bonds. The molecule has 1 N–H and O–H groups in total. The van der Waals surface area contributed by atoms with Gasteiger partial charge in [0.1, 0.15) is 11.5 Å². The van der Waals surface area contributed by atoms with Gasteiger partial charge in [-0.15, -0.1) is 0 Å². The van der Waals surface area contributed by atoms with Crippen molar-refractivity contribution in [3.63, 3.8) is 0 Å². The van der Waals surface area contributed by atoms with E-state index in [1.807, 2.05) is 0 Å². The number of alkyl halides is 5. The number of sulfonamides is 1. The third-order valence-corrected chi connectivity index (χ3v) is 6.53. The van der Waals surface area contributed by atoms with Gasteiger partial charge in [-0.2, -0.15) is 26.3 Å². The molecule has 1 aliphatic heterocycles. The molecule has 1 fully saturated rings. The van der Waals surface area contributed by atoms with Gasteiger partial charge in [-0.3, -0.25) is 4.79 Å². The quantitative estimate of drug-likeness (QED) is 0.555. The summed E-state index contributed by atoms with van der Waals surface area (Å²) in [6.07, 6.45) is -3.30. The number of nitrogens with zero attached hydrogens (tertiary/aromatic N) is 1. The Labute approximate surface area is 186 Å². The Balaban J connectivity index is 1.88. The van der Waals surface area contributed by atoms with Crippen LogP contribution in [0, 0.1) is 0 Å². The number of carbonyl (C=O) groups excluding carboxylic acids is 1. The van der Waals surface area contributed by atoms with E-state index in [2.05, 4.69) is 10.1 Å². The minimum atomic E-state index is -4.66. The molecule has 0 atom stereocenters. The van der Waals surface area contributed by atoms with Crippen molar-refractivity contribution in [2.45, 2.75) is 30.5 Å². The molecule has 3 rings (SSSR count). The zero-order valence-electron chi connectivity index (χ0n) is 16.9. The average Bonchev–Trinajstić information content (AvgIpc) is 3.28. The van der Waals surface area contributed by atoms with Crippen molar-refractivity contribution in [1.82, 2.24) is 4.31 Å². The van der Waals surface area contributed by atoms with E-state index in [9.17, 15) is 35.2 Å². The van der Waals surface area contributed by atoms with Crippen molar-refractivity contribution in [3.05, 3.63) is 48.0 Å². The van der Waals surface area contributed by atoms with Crippen LogP contribution < -0.4 is 14.8 Å². The molecule has 0 spiro atoms. The lowest BCUT2D eigenvalue weighted by molar-refractivity contribution is -0.153. The van der Waals surface area contributed by atoms with Crippen molar-refractivity contribution in [1.29, 1.82) is 0 Å². The predicted octanol–water partition coefficient (Wildman–Crippen LogP) is 4.27. The molecule has 1 aliphatic rings. The summed E-state index contributed by atoms with van der Waals surface area (Å²) < 4.78 is 98.2. The first-order valence-corrected chi connectivity index (χ1v) is 11.1. The molecule has 0 aromatic heterocycles. The van der Waals surface area contributed by atoms with Crippen LogP contribution >= 0.6 is 0 Å². The topological polar surface area (TPSA) is 84.9 Å². The molecular weight excluding hydrogens is 475 g/mol. The molecule has 33 heavy (non-hydrogen) atoms. The highest BCUT2D eigenvalue weighted by Gasteiger charge is 2.31. The fraction of sp³-hybridized carbons (Fsp3) is 0.350. The van der Waals surface area contributed by atoms with Gasteiger partial charge in [0.2, 0.25) is 10.0 Å². The zero-order valence-corrected chi connectivity index (χ0v) is 17.8. The molecule has 180 valence electrons. The number of ether oxygens (including phenoxy) is 2. The van der Waals surface area contributed by atoms with Gasteiger partial charge in [0.05, 0.1) is 10.6 Å². The van der Waals surface area contributed by atoms with Crippen LogP contribution in [0.4, 0.5) is 27.6 Å². The predicted molar refractivity (Wildman–Crippen MR) is 107 cm³/mol. The Morgan fingerprint density at radius 2 is 1.70 bits per heavy atom. The second-order valence-corrected chi connectivity index (χ2v) is 8.97. The Kier molecular flexibility index (Phi) is 7.42. The van der Waals surface area contributed by atoms with Gasteiger partial charge in [-0.05, 0) is 55.3 Å². The lowest BCUT2D eigenvalue weighted by Crippen LogP contribution is -2.28. The largest absolute Gasteiger partial charge is 0.482 e. The van der Waals surface area contributed by atoms with Crippen LogP contribution in [-0.4, -0.2) is 51.1 Å².